The molecule has 0 unspecified atom stereocenters. The van der Waals surface area contributed by atoms with Gasteiger partial charge in [0.1, 0.15) is 18.3 Å². The SMILES string of the molecule is C[C@]12O[C@H]([C@H](O)[C@@H](O)[C@@H]1O)n1c3cc(F)c(F)cc3c3c4c(c5c6cc(F)c(F)cc6n2c5c31)C(=O)NC4=O. The van der Waals surface area contributed by atoms with E-state index in [-0.39, 0.29) is 54.7 Å². The van der Waals surface area contributed by atoms with Crippen molar-refractivity contribution in [1.29, 1.82) is 0 Å². The molecular formula is C26H15F4N3O6. The summed E-state index contributed by atoms with van der Waals surface area (Å²) < 4.78 is 67.2. The average Bonchev–Trinajstić information content (AvgIpc) is 3.45. The monoisotopic (exact) mass is 541 g/mol. The van der Waals surface area contributed by atoms with E-state index in [0.29, 0.717) is 0 Å². The van der Waals surface area contributed by atoms with E-state index >= 15 is 0 Å². The van der Waals surface area contributed by atoms with Gasteiger partial charge in [-0.25, -0.2) is 17.6 Å². The first kappa shape index (κ1) is 22.9. The molecule has 8 rings (SSSR count). The summed E-state index contributed by atoms with van der Waals surface area (Å²) >= 11 is 0. The quantitative estimate of drug-likeness (QED) is 0.177. The standard InChI is InChI=1S/C26H15F4N3O6/c1-26-22(36)20(34)21(35)25(39-26)32-12-4-10(29)8(27)2-6(12)14-16-17(24(38)31-23(16)37)15-7-3-9(28)11(30)5-13(7)33(26)19(15)18(14)32/h2-5,20-22,25,34-36H,1H3,(H,31,37,38)/t20-,21-,22+,25-,26+/m1/s1. The molecule has 5 aromatic rings. The molecule has 1 fully saturated rings. The number of carbonyl (C=O) groups excluding carboxylic acids is 2. The number of benzene rings is 3. The molecule has 3 aliphatic heterocycles. The molecule has 2 amide bonds. The zero-order valence-electron chi connectivity index (χ0n) is 19.6. The Bertz CT molecular complexity index is 2050. The van der Waals surface area contributed by atoms with Crippen LogP contribution >= 0.6 is 0 Å². The van der Waals surface area contributed by atoms with Crippen LogP contribution < -0.4 is 5.32 Å². The fourth-order valence-corrected chi connectivity index (χ4v) is 6.65. The third kappa shape index (κ3) is 2.37. The molecule has 2 bridgehead atoms. The second-order valence-corrected chi connectivity index (χ2v) is 10.2. The highest BCUT2D eigenvalue weighted by atomic mass is 19.2. The van der Waals surface area contributed by atoms with Gasteiger partial charge in [-0.3, -0.25) is 14.9 Å². The maximum atomic E-state index is 14.7. The molecule has 3 aromatic carbocycles. The lowest BCUT2D eigenvalue weighted by Gasteiger charge is -2.47. The Morgan fingerprint density at radius 1 is 0.795 bits per heavy atom. The molecule has 39 heavy (non-hydrogen) atoms. The fraction of sp³-hybridized carbons (Fsp3) is 0.231. The van der Waals surface area contributed by atoms with Crippen LogP contribution in [-0.4, -0.2) is 54.6 Å². The van der Waals surface area contributed by atoms with E-state index in [1.54, 1.807) is 0 Å². The van der Waals surface area contributed by atoms with Crippen molar-refractivity contribution in [3.05, 3.63) is 58.7 Å². The molecular weight excluding hydrogens is 526 g/mol. The summed E-state index contributed by atoms with van der Waals surface area (Å²) in [5.74, 6) is -6.77. The zero-order valence-corrected chi connectivity index (χ0v) is 19.6. The van der Waals surface area contributed by atoms with Gasteiger partial charge in [0.25, 0.3) is 11.8 Å². The summed E-state index contributed by atoms with van der Waals surface area (Å²) in [7, 11) is 0. The molecule has 5 atom stereocenters. The van der Waals surface area contributed by atoms with Crippen molar-refractivity contribution in [1.82, 2.24) is 14.5 Å². The van der Waals surface area contributed by atoms with Gasteiger partial charge in [0.2, 0.25) is 0 Å². The van der Waals surface area contributed by atoms with Gasteiger partial charge in [-0.05, 0) is 19.1 Å². The normalized spacial score (nSPS) is 27.8. The molecule has 1 saturated heterocycles. The number of hydrogen-bond donors (Lipinski definition) is 4. The minimum atomic E-state index is -1.96. The van der Waals surface area contributed by atoms with E-state index in [4.69, 9.17) is 4.74 Å². The molecule has 0 saturated carbocycles. The lowest BCUT2D eigenvalue weighted by molar-refractivity contribution is -0.309. The molecule has 4 N–H and O–H groups in total. The number of hydrogen-bond acceptors (Lipinski definition) is 6. The molecule has 0 aliphatic carbocycles. The number of amides is 2. The molecule has 13 heteroatoms. The van der Waals surface area contributed by atoms with E-state index in [2.05, 4.69) is 5.32 Å². The van der Waals surface area contributed by atoms with Crippen molar-refractivity contribution in [3.63, 3.8) is 0 Å². The number of ether oxygens (including phenoxy) is 1. The minimum absolute atomic E-state index is 0.00400. The van der Waals surface area contributed by atoms with Crippen molar-refractivity contribution >= 4 is 55.4 Å². The number of carbonyl (C=O) groups is 2. The first-order valence-electron chi connectivity index (χ1n) is 11.9. The lowest BCUT2D eigenvalue weighted by Crippen LogP contribution is -2.61. The Labute approximate surface area is 213 Å². The van der Waals surface area contributed by atoms with Crippen molar-refractivity contribution < 1.29 is 47.2 Å². The van der Waals surface area contributed by atoms with Crippen LogP contribution in [0.1, 0.15) is 33.9 Å². The molecule has 3 aliphatic rings. The Morgan fingerprint density at radius 3 is 1.92 bits per heavy atom. The topological polar surface area (TPSA) is 126 Å². The van der Waals surface area contributed by atoms with Crippen LogP contribution in [0.25, 0.3) is 43.6 Å². The van der Waals surface area contributed by atoms with E-state index in [0.717, 1.165) is 24.3 Å². The maximum absolute atomic E-state index is 14.7. The summed E-state index contributed by atoms with van der Waals surface area (Å²) in [6.07, 6.45) is -7.02. The number of aromatic nitrogens is 2. The average molecular weight is 541 g/mol. The van der Waals surface area contributed by atoms with Crippen LogP contribution in [0, 0.1) is 23.3 Å². The summed E-state index contributed by atoms with van der Waals surface area (Å²) in [6.45, 7) is 1.35. The highest BCUT2D eigenvalue weighted by molar-refractivity contribution is 6.39. The van der Waals surface area contributed by atoms with Gasteiger partial charge >= 0.3 is 0 Å². The van der Waals surface area contributed by atoms with Gasteiger partial charge in [-0.2, -0.15) is 0 Å². The first-order valence-corrected chi connectivity index (χ1v) is 11.9. The number of nitrogens with one attached hydrogen (secondary N) is 1. The molecule has 0 spiro atoms. The predicted octanol–water partition coefficient (Wildman–Crippen LogP) is 2.64. The van der Waals surface area contributed by atoms with Gasteiger partial charge in [0, 0.05) is 33.7 Å². The van der Waals surface area contributed by atoms with Crippen LogP contribution in [0.4, 0.5) is 17.6 Å². The lowest BCUT2D eigenvalue weighted by atomic mass is 9.93. The Morgan fingerprint density at radius 2 is 1.31 bits per heavy atom. The predicted molar refractivity (Wildman–Crippen MR) is 126 cm³/mol. The van der Waals surface area contributed by atoms with E-state index < -0.39 is 65.3 Å². The third-order valence-corrected chi connectivity index (χ3v) is 8.28. The summed E-state index contributed by atoms with van der Waals surface area (Å²) in [6, 6.07) is 3.31. The first-order chi connectivity index (χ1) is 18.5. The number of rotatable bonds is 0. The van der Waals surface area contributed by atoms with Crippen LogP contribution in [-0.2, 0) is 10.5 Å². The van der Waals surface area contributed by atoms with Crippen molar-refractivity contribution in [2.75, 3.05) is 0 Å². The number of aliphatic hydroxyl groups excluding tert-OH is 3. The second kappa shape index (κ2) is 6.74. The number of aliphatic hydroxyl groups is 3. The number of imide groups is 1. The van der Waals surface area contributed by atoms with Crippen molar-refractivity contribution in [3.8, 4) is 0 Å². The van der Waals surface area contributed by atoms with E-state index in [1.807, 2.05) is 0 Å². The Kier molecular flexibility index (Phi) is 3.96. The van der Waals surface area contributed by atoms with Crippen molar-refractivity contribution in [2.45, 2.75) is 37.2 Å². The van der Waals surface area contributed by atoms with Crippen LogP contribution in [0.5, 0.6) is 0 Å². The highest BCUT2D eigenvalue weighted by Crippen LogP contribution is 2.53. The molecule has 198 valence electrons. The highest BCUT2D eigenvalue weighted by Gasteiger charge is 2.56. The third-order valence-electron chi connectivity index (χ3n) is 8.28. The van der Waals surface area contributed by atoms with Crippen LogP contribution in [0.15, 0.2) is 24.3 Å². The smallest absolute Gasteiger partial charge is 0.259 e. The number of halogens is 4. The van der Waals surface area contributed by atoms with Gasteiger partial charge in [0.05, 0.1) is 33.2 Å². The largest absolute Gasteiger partial charge is 0.387 e. The Balaban J connectivity index is 1.79. The van der Waals surface area contributed by atoms with Gasteiger partial charge in [-0.1, -0.05) is 0 Å². The minimum Gasteiger partial charge on any atom is -0.387 e. The van der Waals surface area contributed by atoms with E-state index in [9.17, 15) is 42.5 Å². The van der Waals surface area contributed by atoms with E-state index in [1.165, 1.54) is 16.1 Å². The summed E-state index contributed by atoms with van der Waals surface area (Å²) in [5, 5.41) is 35.3. The fourth-order valence-electron chi connectivity index (χ4n) is 6.65. The van der Waals surface area contributed by atoms with Crippen LogP contribution in [0.3, 0.4) is 0 Å². The molecule has 5 heterocycles. The van der Waals surface area contributed by atoms with Gasteiger partial charge in [-0.15, -0.1) is 0 Å². The van der Waals surface area contributed by atoms with Crippen molar-refractivity contribution in [2.24, 2.45) is 0 Å². The number of fused-ring (bicyclic) bond motifs is 13. The second-order valence-electron chi connectivity index (χ2n) is 10.2. The van der Waals surface area contributed by atoms with Crippen LogP contribution in [0.2, 0.25) is 0 Å². The zero-order chi connectivity index (χ0) is 27.4. The summed E-state index contributed by atoms with van der Waals surface area (Å²) in [5.41, 5.74) is -2.43. The molecule has 0 radical (unpaired) electrons. The maximum Gasteiger partial charge on any atom is 0.259 e. The van der Waals surface area contributed by atoms with Gasteiger partial charge in [0.15, 0.2) is 35.2 Å². The Hall–Kier alpha value is -4.04. The molecule has 9 nitrogen and oxygen atoms in total. The molecule has 2 aromatic heterocycles. The number of nitrogens with zero attached hydrogens (tertiary/aromatic N) is 2. The van der Waals surface area contributed by atoms with Gasteiger partial charge < -0.3 is 29.2 Å². The summed E-state index contributed by atoms with van der Waals surface area (Å²) in [4.78, 5) is 26.3.